The van der Waals surface area contributed by atoms with E-state index in [1.165, 1.54) is 56.3 Å². The van der Waals surface area contributed by atoms with Gasteiger partial charge in [-0.3, -0.25) is 4.98 Å². The molecule has 0 spiro atoms. The molecule has 1 aliphatic heterocycles. The van der Waals surface area contributed by atoms with Crippen molar-refractivity contribution in [3.05, 3.63) is 23.5 Å². The highest BCUT2D eigenvalue weighted by molar-refractivity contribution is 7.99. The van der Waals surface area contributed by atoms with E-state index in [0.717, 1.165) is 49.9 Å². The molecule has 4 N–H and O–H groups in total. The number of ether oxygens (including phenoxy) is 1. The zero-order valence-corrected chi connectivity index (χ0v) is 19.9. The molecule has 0 saturated heterocycles. The van der Waals surface area contributed by atoms with Crippen LogP contribution in [0.4, 0.5) is 0 Å². The fourth-order valence-corrected chi connectivity index (χ4v) is 6.28. The fraction of sp³-hybridized carbons (Fsp3) is 0.792. The number of thioether (sulfide) groups is 1. The minimum atomic E-state index is 0.537. The molecule has 7 heteroatoms. The van der Waals surface area contributed by atoms with Crippen molar-refractivity contribution in [3.63, 3.8) is 0 Å². The lowest BCUT2D eigenvalue weighted by Gasteiger charge is -2.34. The van der Waals surface area contributed by atoms with E-state index in [-0.39, 0.29) is 0 Å². The first-order valence-corrected chi connectivity index (χ1v) is 13.4. The summed E-state index contributed by atoms with van der Waals surface area (Å²) in [6.45, 7) is 4.58. The number of nitrogens with one attached hydrogen (secondary N) is 4. The number of fused-ring (bicyclic) bond motifs is 4. The van der Waals surface area contributed by atoms with Crippen molar-refractivity contribution >= 4 is 11.8 Å². The Morgan fingerprint density at radius 1 is 0.806 bits per heavy atom. The maximum absolute atomic E-state index is 5.26. The second-order valence-electron chi connectivity index (χ2n) is 9.29. The molecule has 31 heavy (non-hydrogen) atoms. The van der Waals surface area contributed by atoms with Gasteiger partial charge in [0.25, 0.3) is 0 Å². The molecule has 4 atom stereocenters. The van der Waals surface area contributed by atoms with Crippen molar-refractivity contribution < 1.29 is 4.74 Å². The van der Waals surface area contributed by atoms with Crippen LogP contribution in [0.3, 0.4) is 0 Å². The number of nitrogens with zero attached hydrogens (tertiary/aromatic N) is 1. The Labute approximate surface area is 192 Å². The molecule has 0 radical (unpaired) electrons. The average Bonchev–Trinajstić information content (AvgIpc) is 2.80. The standard InChI is InChI=1S/C24H41N5OS/c1-30-12-13-31-20-14-18-16-27-23-8-4-2-6-21(23)25-10-11-26-22-7-3-5-9-24(22)28-17-19(15-20)29-18/h14-15,21-28H,2-13,16-17H2,1H3/t21-,22-,23-,24-/m1/s1. The van der Waals surface area contributed by atoms with Crippen molar-refractivity contribution in [2.24, 2.45) is 0 Å². The topological polar surface area (TPSA) is 70.2 Å². The molecule has 1 aromatic heterocycles. The second kappa shape index (κ2) is 12.5. The molecule has 2 fully saturated rings. The number of aromatic nitrogens is 1. The summed E-state index contributed by atoms with van der Waals surface area (Å²) in [5.74, 6) is 0.976. The van der Waals surface area contributed by atoms with E-state index in [9.17, 15) is 0 Å². The number of pyridine rings is 1. The first kappa shape index (κ1) is 23.5. The van der Waals surface area contributed by atoms with Crippen molar-refractivity contribution in [2.45, 2.75) is 93.5 Å². The minimum absolute atomic E-state index is 0.537. The molecule has 1 aromatic rings. The largest absolute Gasteiger partial charge is 0.384 e. The summed E-state index contributed by atoms with van der Waals surface area (Å²) < 4.78 is 5.26. The van der Waals surface area contributed by atoms with Gasteiger partial charge in [0.1, 0.15) is 0 Å². The number of hydrogen-bond acceptors (Lipinski definition) is 7. The van der Waals surface area contributed by atoms with Crippen LogP contribution in [0.25, 0.3) is 0 Å². The summed E-state index contributed by atoms with van der Waals surface area (Å²) in [5, 5.41) is 15.4. The SMILES string of the molecule is COCCSc1cc2nc(c1)CN[C@@H]1CCCC[C@H]1NCCN[C@@H]1CCCC[C@H]1NC2. The highest BCUT2D eigenvalue weighted by atomic mass is 32.2. The van der Waals surface area contributed by atoms with Gasteiger partial charge in [-0.15, -0.1) is 11.8 Å². The summed E-state index contributed by atoms with van der Waals surface area (Å²) in [5.41, 5.74) is 2.33. The molecular formula is C24H41N5OS. The molecular weight excluding hydrogens is 406 g/mol. The van der Waals surface area contributed by atoms with Gasteiger partial charge in [-0.1, -0.05) is 25.7 Å². The highest BCUT2D eigenvalue weighted by Gasteiger charge is 2.26. The summed E-state index contributed by atoms with van der Waals surface area (Å²) in [4.78, 5) is 6.34. The smallest absolute Gasteiger partial charge is 0.0556 e. The quantitative estimate of drug-likeness (QED) is 0.418. The first-order valence-electron chi connectivity index (χ1n) is 12.4. The van der Waals surface area contributed by atoms with Gasteiger partial charge in [-0.2, -0.15) is 0 Å². The van der Waals surface area contributed by atoms with Crippen molar-refractivity contribution in [3.8, 4) is 0 Å². The van der Waals surface area contributed by atoms with Crippen LogP contribution in [0.15, 0.2) is 17.0 Å². The van der Waals surface area contributed by atoms with Gasteiger partial charge in [0.2, 0.25) is 0 Å². The van der Waals surface area contributed by atoms with Gasteiger partial charge in [0, 0.05) is 68.1 Å². The molecule has 2 saturated carbocycles. The predicted molar refractivity (Wildman–Crippen MR) is 129 cm³/mol. The fourth-order valence-electron chi connectivity index (χ4n) is 5.35. The van der Waals surface area contributed by atoms with Gasteiger partial charge in [0.05, 0.1) is 18.0 Å². The molecule has 0 aromatic carbocycles. The van der Waals surface area contributed by atoms with E-state index in [1.54, 1.807) is 7.11 Å². The van der Waals surface area contributed by atoms with Crippen LogP contribution in [-0.4, -0.2) is 61.7 Å². The van der Waals surface area contributed by atoms with Crippen molar-refractivity contribution in [1.82, 2.24) is 26.3 Å². The van der Waals surface area contributed by atoms with E-state index >= 15 is 0 Å². The lowest BCUT2D eigenvalue weighted by Crippen LogP contribution is -2.53. The van der Waals surface area contributed by atoms with Crippen molar-refractivity contribution in [1.29, 1.82) is 0 Å². The molecule has 174 valence electrons. The van der Waals surface area contributed by atoms with Crippen LogP contribution >= 0.6 is 11.8 Å². The minimum Gasteiger partial charge on any atom is -0.384 e. The van der Waals surface area contributed by atoms with Crippen LogP contribution in [0, 0.1) is 0 Å². The second-order valence-corrected chi connectivity index (χ2v) is 10.5. The van der Waals surface area contributed by atoms with Gasteiger partial charge < -0.3 is 26.0 Å². The molecule has 4 rings (SSSR count). The van der Waals surface area contributed by atoms with E-state index in [2.05, 4.69) is 33.4 Å². The zero-order chi connectivity index (χ0) is 21.3. The number of methoxy groups -OCH3 is 1. The molecule has 3 aliphatic rings. The lowest BCUT2D eigenvalue weighted by molar-refractivity contribution is 0.218. The normalized spacial score (nSPS) is 30.5. The summed E-state index contributed by atoms with van der Waals surface area (Å²) >= 11 is 1.87. The monoisotopic (exact) mass is 447 g/mol. The van der Waals surface area contributed by atoms with E-state index < -0.39 is 0 Å². The summed E-state index contributed by atoms with van der Waals surface area (Å²) in [6.07, 6.45) is 10.4. The third kappa shape index (κ3) is 7.14. The summed E-state index contributed by atoms with van der Waals surface area (Å²) in [7, 11) is 1.77. The first-order chi connectivity index (χ1) is 15.3. The molecule has 2 heterocycles. The highest BCUT2D eigenvalue weighted by Crippen LogP contribution is 2.23. The number of rotatable bonds is 4. The Balaban J connectivity index is 1.51. The Hall–Kier alpha value is -0.700. The Kier molecular flexibility index (Phi) is 9.47. The van der Waals surface area contributed by atoms with E-state index in [1.807, 2.05) is 11.8 Å². The molecule has 2 bridgehead atoms. The van der Waals surface area contributed by atoms with Crippen molar-refractivity contribution in [2.75, 3.05) is 32.6 Å². The van der Waals surface area contributed by atoms with Gasteiger partial charge >= 0.3 is 0 Å². The third-order valence-electron chi connectivity index (χ3n) is 7.02. The van der Waals surface area contributed by atoms with Gasteiger partial charge in [-0.05, 0) is 37.8 Å². The van der Waals surface area contributed by atoms with Crippen LogP contribution in [0.2, 0.25) is 0 Å². The maximum Gasteiger partial charge on any atom is 0.0556 e. The summed E-state index contributed by atoms with van der Waals surface area (Å²) in [6, 6.07) is 6.75. The Morgan fingerprint density at radius 3 is 1.77 bits per heavy atom. The van der Waals surface area contributed by atoms with Gasteiger partial charge in [0.15, 0.2) is 0 Å². The van der Waals surface area contributed by atoms with E-state index in [4.69, 9.17) is 9.72 Å². The van der Waals surface area contributed by atoms with Crippen LogP contribution in [-0.2, 0) is 17.8 Å². The zero-order valence-electron chi connectivity index (χ0n) is 19.1. The van der Waals surface area contributed by atoms with Gasteiger partial charge in [-0.25, -0.2) is 0 Å². The molecule has 0 amide bonds. The molecule has 2 aliphatic carbocycles. The van der Waals surface area contributed by atoms with Crippen LogP contribution in [0.1, 0.15) is 62.8 Å². The van der Waals surface area contributed by atoms with E-state index in [0.29, 0.717) is 24.2 Å². The van der Waals surface area contributed by atoms with Crippen LogP contribution in [0.5, 0.6) is 0 Å². The maximum atomic E-state index is 5.26. The predicted octanol–water partition coefficient (Wildman–Crippen LogP) is 2.81. The molecule has 6 nitrogen and oxygen atoms in total. The Morgan fingerprint density at radius 2 is 1.29 bits per heavy atom. The molecule has 0 unspecified atom stereocenters. The Bertz CT molecular complexity index is 627. The average molecular weight is 448 g/mol. The lowest BCUT2D eigenvalue weighted by atomic mass is 9.89. The number of hydrogen-bond donors (Lipinski definition) is 4. The van der Waals surface area contributed by atoms with Crippen LogP contribution < -0.4 is 21.3 Å². The third-order valence-corrected chi connectivity index (χ3v) is 7.96.